The van der Waals surface area contributed by atoms with Crippen LogP contribution < -0.4 is 5.32 Å². The summed E-state index contributed by atoms with van der Waals surface area (Å²) >= 11 is 0. The van der Waals surface area contributed by atoms with Crippen LogP contribution in [0.25, 0.3) is 6.08 Å². The van der Waals surface area contributed by atoms with Crippen LogP contribution in [0.2, 0.25) is 0 Å². The third-order valence-electron chi connectivity index (χ3n) is 6.52. The second-order valence-electron chi connectivity index (χ2n) is 8.89. The van der Waals surface area contributed by atoms with Crippen molar-refractivity contribution in [2.75, 3.05) is 32.8 Å². The predicted molar refractivity (Wildman–Crippen MR) is 115 cm³/mol. The van der Waals surface area contributed by atoms with Crippen LogP contribution in [0.15, 0.2) is 35.9 Å². The van der Waals surface area contributed by atoms with Gasteiger partial charge in [-0.1, -0.05) is 42.0 Å². The molecule has 3 aliphatic rings. The fourth-order valence-electron chi connectivity index (χ4n) is 4.87. The second kappa shape index (κ2) is 9.41. The Labute approximate surface area is 174 Å². The van der Waals surface area contributed by atoms with Crippen LogP contribution in [0.3, 0.4) is 0 Å². The molecule has 3 heterocycles. The van der Waals surface area contributed by atoms with Crippen LogP contribution in [0, 0.1) is 0 Å². The molecule has 5 heteroatoms. The van der Waals surface area contributed by atoms with Crippen molar-refractivity contribution in [3.05, 3.63) is 41.5 Å². The minimum absolute atomic E-state index is 0.0206. The lowest BCUT2D eigenvalue weighted by Gasteiger charge is -2.39. The number of nitrogens with zero attached hydrogens (tertiary/aromatic N) is 1. The molecule has 1 aromatic rings. The molecule has 29 heavy (non-hydrogen) atoms. The molecule has 0 radical (unpaired) electrons. The molecule has 0 saturated carbocycles. The average molecular weight is 399 g/mol. The number of amides is 1. The minimum atomic E-state index is -0.249. The summed E-state index contributed by atoms with van der Waals surface area (Å²) in [6.07, 6.45) is 8.32. The Morgan fingerprint density at radius 1 is 1.21 bits per heavy atom. The molecule has 1 spiro atoms. The Morgan fingerprint density at radius 2 is 2.00 bits per heavy atom. The predicted octanol–water partition coefficient (Wildman–Crippen LogP) is 3.40. The molecule has 158 valence electrons. The zero-order chi connectivity index (χ0) is 20.1. The van der Waals surface area contributed by atoms with E-state index in [4.69, 9.17) is 9.47 Å². The van der Waals surface area contributed by atoms with E-state index in [2.05, 4.69) is 53.5 Å². The van der Waals surface area contributed by atoms with Gasteiger partial charge in [0.05, 0.1) is 11.7 Å². The monoisotopic (exact) mass is 398 g/mol. The first-order valence-corrected chi connectivity index (χ1v) is 11.1. The zero-order valence-corrected chi connectivity index (χ0v) is 17.6. The van der Waals surface area contributed by atoms with Gasteiger partial charge in [0.15, 0.2) is 0 Å². The lowest BCUT2D eigenvalue weighted by Crippen LogP contribution is -2.46. The molecule has 0 unspecified atom stereocenters. The van der Waals surface area contributed by atoms with Gasteiger partial charge in [0, 0.05) is 32.8 Å². The van der Waals surface area contributed by atoms with E-state index < -0.39 is 0 Å². The summed E-state index contributed by atoms with van der Waals surface area (Å²) in [5.41, 5.74) is 2.69. The summed E-state index contributed by atoms with van der Waals surface area (Å²) in [5, 5.41) is 3.04. The number of rotatable bonds is 6. The van der Waals surface area contributed by atoms with Crippen LogP contribution >= 0.6 is 0 Å². The smallest absolute Gasteiger partial charge is 0.249 e. The molecule has 0 aliphatic carbocycles. The molecule has 0 bridgehead atoms. The van der Waals surface area contributed by atoms with Crippen molar-refractivity contribution in [3.63, 3.8) is 0 Å². The van der Waals surface area contributed by atoms with Crippen molar-refractivity contribution in [2.24, 2.45) is 0 Å². The Balaban J connectivity index is 1.20. The number of hydrogen-bond donors (Lipinski definition) is 1. The van der Waals surface area contributed by atoms with Crippen molar-refractivity contribution < 1.29 is 14.3 Å². The Bertz CT molecular complexity index is 704. The molecule has 3 saturated heterocycles. The topological polar surface area (TPSA) is 50.8 Å². The van der Waals surface area contributed by atoms with Crippen LogP contribution in [-0.2, 0) is 14.3 Å². The van der Waals surface area contributed by atoms with Gasteiger partial charge in [0.1, 0.15) is 6.10 Å². The minimum Gasteiger partial charge on any atom is -0.370 e. The highest BCUT2D eigenvalue weighted by Gasteiger charge is 2.42. The zero-order valence-electron chi connectivity index (χ0n) is 17.6. The lowest BCUT2D eigenvalue weighted by molar-refractivity contribution is -0.131. The number of nitrogens with one attached hydrogen (secondary N) is 1. The maximum Gasteiger partial charge on any atom is 0.249 e. The largest absolute Gasteiger partial charge is 0.370 e. The quantitative estimate of drug-likeness (QED) is 0.798. The number of carbonyl (C=O) groups excluding carboxylic acids is 1. The third-order valence-corrected chi connectivity index (χ3v) is 6.52. The number of piperidine rings is 1. The van der Waals surface area contributed by atoms with E-state index in [0.29, 0.717) is 13.2 Å². The van der Waals surface area contributed by atoms with Gasteiger partial charge in [0.25, 0.3) is 0 Å². The van der Waals surface area contributed by atoms with E-state index in [1.807, 2.05) is 0 Å². The van der Waals surface area contributed by atoms with E-state index in [1.165, 1.54) is 11.1 Å². The number of carbonyl (C=O) groups is 1. The van der Waals surface area contributed by atoms with E-state index in [9.17, 15) is 4.79 Å². The maximum atomic E-state index is 12.1. The molecular weight excluding hydrogens is 364 g/mol. The molecule has 0 aromatic heterocycles. The number of ether oxygens (including phenoxy) is 2. The van der Waals surface area contributed by atoms with Gasteiger partial charge >= 0.3 is 0 Å². The summed E-state index contributed by atoms with van der Waals surface area (Å²) in [6.45, 7) is 6.71. The molecular formula is C24H34N2O3. The number of hydrogen-bond acceptors (Lipinski definition) is 4. The summed E-state index contributed by atoms with van der Waals surface area (Å²) in [6, 6.07) is 10.5. The first kappa shape index (κ1) is 20.6. The van der Waals surface area contributed by atoms with Crippen LogP contribution in [0.5, 0.6) is 0 Å². The molecule has 1 N–H and O–H groups in total. The maximum absolute atomic E-state index is 12.1. The van der Waals surface area contributed by atoms with Gasteiger partial charge in [-0.25, -0.2) is 0 Å². The van der Waals surface area contributed by atoms with E-state index in [0.717, 1.165) is 58.2 Å². The van der Waals surface area contributed by atoms with Crippen LogP contribution in [0.1, 0.15) is 51.0 Å². The molecule has 4 rings (SSSR count). The summed E-state index contributed by atoms with van der Waals surface area (Å²) in [5.74, 6) is 0.0301. The Kier molecular flexibility index (Phi) is 6.68. The first-order chi connectivity index (χ1) is 14.1. The van der Waals surface area contributed by atoms with Crippen molar-refractivity contribution >= 4 is 12.0 Å². The van der Waals surface area contributed by atoms with Gasteiger partial charge in [0.2, 0.25) is 5.91 Å². The lowest BCUT2D eigenvalue weighted by atomic mass is 9.88. The summed E-state index contributed by atoms with van der Waals surface area (Å²) < 4.78 is 11.9. The molecule has 2 atom stereocenters. The number of benzene rings is 1. The van der Waals surface area contributed by atoms with Crippen LogP contribution in [-0.4, -0.2) is 61.4 Å². The highest BCUT2D eigenvalue weighted by Crippen LogP contribution is 2.38. The highest BCUT2D eigenvalue weighted by molar-refractivity contribution is 5.80. The van der Waals surface area contributed by atoms with Crippen molar-refractivity contribution in [1.29, 1.82) is 0 Å². The second-order valence-corrected chi connectivity index (χ2v) is 8.89. The van der Waals surface area contributed by atoms with E-state index in [-0.39, 0.29) is 23.7 Å². The standard InChI is InChI=1S/C24H34N2O3/c1-19(16-20-6-3-2-4-7-20)18-26-13-11-24(12-14-26)10-9-21(29-24)17-25-23(27)22-8-5-15-28-22/h2-4,6-7,16,21-22H,5,8-15,17-18H2,1H3,(H,25,27)/b19-16+/t21-,22-/m1/s1. The molecule has 1 amide bonds. The summed E-state index contributed by atoms with van der Waals surface area (Å²) in [7, 11) is 0. The normalized spacial score (nSPS) is 27.4. The average Bonchev–Trinajstić information content (AvgIpc) is 3.40. The molecule has 5 nitrogen and oxygen atoms in total. The molecule has 3 aliphatic heterocycles. The third kappa shape index (κ3) is 5.47. The SMILES string of the molecule is C/C(=C\c1ccccc1)CN1CCC2(CC[C@H](CNC(=O)[C@H]3CCCO3)O2)CC1. The molecule has 3 fully saturated rings. The summed E-state index contributed by atoms with van der Waals surface area (Å²) in [4.78, 5) is 14.7. The van der Waals surface area contributed by atoms with Gasteiger partial charge in [-0.05, 0) is 51.0 Å². The Hall–Kier alpha value is -1.69. The van der Waals surface area contributed by atoms with E-state index >= 15 is 0 Å². The van der Waals surface area contributed by atoms with Gasteiger partial charge < -0.3 is 14.8 Å². The van der Waals surface area contributed by atoms with Crippen molar-refractivity contribution in [3.8, 4) is 0 Å². The van der Waals surface area contributed by atoms with Crippen LogP contribution in [0.4, 0.5) is 0 Å². The molecule has 1 aromatic carbocycles. The number of likely N-dealkylation sites (tertiary alicyclic amines) is 1. The van der Waals surface area contributed by atoms with E-state index in [1.54, 1.807) is 0 Å². The fourth-order valence-corrected chi connectivity index (χ4v) is 4.87. The van der Waals surface area contributed by atoms with Gasteiger partial charge in [-0.15, -0.1) is 0 Å². The fraction of sp³-hybridized carbons (Fsp3) is 0.625. The first-order valence-electron chi connectivity index (χ1n) is 11.1. The highest BCUT2D eigenvalue weighted by atomic mass is 16.5. The van der Waals surface area contributed by atoms with Gasteiger partial charge in [-0.3, -0.25) is 9.69 Å². The van der Waals surface area contributed by atoms with Crippen molar-refractivity contribution in [1.82, 2.24) is 10.2 Å². The van der Waals surface area contributed by atoms with Gasteiger partial charge in [-0.2, -0.15) is 0 Å². The Morgan fingerprint density at radius 3 is 2.72 bits per heavy atom. The van der Waals surface area contributed by atoms with Crippen molar-refractivity contribution in [2.45, 2.75) is 63.3 Å².